The van der Waals surface area contributed by atoms with Gasteiger partial charge in [0.15, 0.2) is 5.69 Å². The monoisotopic (exact) mass is 374 g/mol. The summed E-state index contributed by atoms with van der Waals surface area (Å²) in [5.41, 5.74) is 2.11. The molecule has 2 aromatic heterocycles. The summed E-state index contributed by atoms with van der Waals surface area (Å²) in [7, 11) is 0. The third kappa shape index (κ3) is 3.37. The zero-order chi connectivity index (χ0) is 19.5. The first-order valence-corrected chi connectivity index (χ1v) is 8.54. The predicted octanol–water partition coefficient (Wildman–Crippen LogP) is 4.85. The number of carbonyl (C=O) groups is 1. The Morgan fingerprint density at radius 2 is 1.75 bits per heavy atom. The first-order chi connectivity index (χ1) is 13.6. The fourth-order valence-electron chi connectivity index (χ4n) is 2.95. The number of fused-ring (bicyclic) bond motifs is 1. The number of amides is 1. The minimum atomic E-state index is -0.530. The molecule has 28 heavy (non-hydrogen) atoms. The van der Waals surface area contributed by atoms with Gasteiger partial charge in [0.1, 0.15) is 5.82 Å². The summed E-state index contributed by atoms with van der Waals surface area (Å²) in [5.74, 6) is -0.969. The Morgan fingerprint density at radius 1 is 1.04 bits per heavy atom. The summed E-state index contributed by atoms with van der Waals surface area (Å²) < 4.78 is 14.8. The zero-order valence-electron chi connectivity index (χ0n) is 14.7. The van der Waals surface area contributed by atoms with Crippen LogP contribution < -0.4 is 0 Å². The molecule has 0 saturated heterocycles. The van der Waals surface area contributed by atoms with Gasteiger partial charge in [0.2, 0.25) is 5.88 Å². The highest BCUT2D eigenvalue weighted by Gasteiger charge is 2.17. The second-order valence-corrected chi connectivity index (χ2v) is 6.14. The maximum Gasteiger partial charge on any atom is 0.295 e. The van der Waals surface area contributed by atoms with Crippen LogP contribution in [0, 0.1) is 5.82 Å². The lowest BCUT2D eigenvalue weighted by molar-refractivity contribution is 0.0995. The maximum absolute atomic E-state index is 13.2. The van der Waals surface area contributed by atoms with Crippen LogP contribution in [0.25, 0.3) is 10.9 Å². The van der Waals surface area contributed by atoms with E-state index in [9.17, 15) is 14.3 Å². The Kier molecular flexibility index (Phi) is 4.63. The van der Waals surface area contributed by atoms with Gasteiger partial charge in [0, 0.05) is 23.3 Å². The molecule has 0 spiro atoms. The lowest BCUT2D eigenvalue weighted by atomic mass is 10.2. The van der Waals surface area contributed by atoms with Crippen molar-refractivity contribution in [3.8, 4) is 5.88 Å². The molecule has 7 heteroatoms. The SMILES string of the molecule is O=C(N=Nc1c(O)n(Cc2ccc(F)cc2)c2ccccc12)c1ccncc1. The molecule has 1 amide bonds. The Morgan fingerprint density at radius 3 is 2.50 bits per heavy atom. The lowest BCUT2D eigenvalue weighted by Crippen LogP contribution is -1.98. The summed E-state index contributed by atoms with van der Waals surface area (Å²) in [4.78, 5) is 16.0. The number of hydrogen-bond donors (Lipinski definition) is 1. The van der Waals surface area contributed by atoms with E-state index in [1.54, 1.807) is 34.9 Å². The van der Waals surface area contributed by atoms with E-state index in [-0.39, 0.29) is 17.4 Å². The third-order valence-electron chi connectivity index (χ3n) is 4.34. The van der Waals surface area contributed by atoms with E-state index in [4.69, 9.17) is 0 Å². The van der Waals surface area contributed by atoms with Crippen molar-refractivity contribution < 1.29 is 14.3 Å². The van der Waals surface area contributed by atoms with Gasteiger partial charge in [-0.05, 0) is 35.9 Å². The van der Waals surface area contributed by atoms with Gasteiger partial charge in [0.25, 0.3) is 5.91 Å². The Balaban J connectivity index is 1.73. The molecule has 0 aliphatic rings. The molecule has 2 heterocycles. The molecule has 0 unspecified atom stereocenters. The molecular formula is C21H15FN4O2. The average Bonchev–Trinajstić information content (AvgIpc) is 3.00. The fourth-order valence-corrected chi connectivity index (χ4v) is 2.95. The van der Waals surface area contributed by atoms with Crippen LogP contribution in [-0.4, -0.2) is 20.6 Å². The fraction of sp³-hybridized carbons (Fsp3) is 0.0476. The molecule has 0 aliphatic heterocycles. The highest BCUT2D eigenvalue weighted by molar-refractivity contribution is 5.97. The second kappa shape index (κ2) is 7.40. The van der Waals surface area contributed by atoms with Gasteiger partial charge in [-0.25, -0.2) is 4.39 Å². The molecule has 0 radical (unpaired) electrons. The number of rotatable bonds is 4. The number of hydrogen-bond acceptors (Lipinski definition) is 4. The van der Waals surface area contributed by atoms with Gasteiger partial charge in [-0.2, -0.15) is 0 Å². The molecule has 0 bridgehead atoms. The smallest absolute Gasteiger partial charge is 0.295 e. The van der Waals surface area contributed by atoms with Gasteiger partial charge in [-0.15, -0.1) is 10.2 Å². The predicted molar refractivity (Wildman–Crippen MR) is 102 cm³/mol. The summed E-state index contributed by atoms with van der Waals surface area (Å²) in [6, 6.07) is 16.4. The van der Waals surface area contributed by atoms with Crippen molar-refractivity contribution in [1.82, 2.24) is 9.55 Å². The lowest BCUT2D eigenvalue weighted by Gasteiger charge is -2.07. The van der Waals surface area contributed by atoms with Gasteiger partial charge in [-0.1, -0.05) is 30.3 Å². The van der Waals surface area contributed by atoms with Crippen molar-refractivity contribution in [1.29, 1.82) is 0 Å². The first-order valence-electron chi connectivity index (χ1n) is 8.54. The number of carbonyl (C=O) groups excluding carboxylic acids is 1. The van der Waals surface area contributed by atoms with Crippen LogP contribution in [-0.2, 0) is 6.54 Å². The molecule has 0 fully saturated rings. The Bertz CT molecular complexity index is 1170. The molecule has 0 saturated carbocycles. The topological polar surface area (TPSA) is 79.8 Å². The molecule has 4 aromatic rings. The summed E-state index contributed by atoms with van der Waals surface area (Å²) in [5, 5.41) is 19.1. The molecule has 0 atom stereocenters. The van der Waals surface area contributed by atoms with E-state index < -0.39 is 5.91 Å². The maximum atomic E-state index is 13.2. The molecule has 4 rings (SSSR count). The van der Waals surface area contributed by atoms with Crippen molar-refractivity contribution in [3.63, 3.8) is 0 Å². The Labute approximate surface area is 159 Å². The zero-order valence-corrected chi connectivity index (χ0v) is 14.7. The van der Waals surface area contributed by atoms with E-state index in [0.717, 1.165) is 11.1 Å². The van der Waals surface area contributed by atoms with Gasteiger partial charge >= 0.3 is 0 Å². The van der Waals surface area contributed by atoms with Crippen molar-refractivity contribution in [2.24, 2.45) is 10.2 Å². The van der Waals surface area contributed by atoms with Crippen LogP contribution in [0.4, 0.5) is 10.1 Å². The van der Waals surface area contributed by atoms with Crippen LogP contribution in [0.3, 0.4) is 0 Å². The minimum absolute atomic E-state index is 0.114. The number of halogens is 1. The van der Waals surface area contributed by atoms with E-state index in [1.165, 1.54) is 24.5 Å². The van der Waals surface area contributed by atoms with E-state index in [1.807, 2.05) is 18.2 Å². The largest absolute Gasteiger partial charge is 0.493 e. The highest BCUT2D eigenvalue weighted by Crippen LogP contribution is 2.39. The van der Waals surface area contributed by atoms with Gasteiger partial charge in [-0.3, -0.25) is 9.78 Å². The van der Waals surface area contributed by atoms with Crippen LogP contribution in [0.5, 0.6) is 5.88 Å². The van der Waals surface area contributed by atoms with Gasteiger partial charge < -0.3 is 9.67 Å². The number of aromatic nitrogens is 2. The number of nitrogens with zero attached hydrogens (tertiary/aromatic N) is 4. The molecule has 1 N–H and O–H groups in total. The first kappa shape index (κ1) is 17.5. The normalized spacial score (nSPS) is 11.3. The number of benzene rings is 2. The van der Waals surface area contributed by atoms with Crippen LogP contribution in [0.2, 0.25) is 0 Å². The van der Waals surface area contributed by atoms with Crippen LogP contribution in [0.15, 0.2) is 83.3 Å². The highest BCUT2D eigenvalue weighted by atomic mass is 19.1. The standard InChI is InChI=1S/C21H15FN4O2/c22-16-7-5-14(6-8-16)13-26-18-4-2-1-3-17(18)19(21(26)28)24-25-20(27)15-9-11-23-12-10-15/h1-12,28H,13H2. The van der Waals surface area contributed by atoms with Crippen molar-refractivity contribution in [3.05, 3.63) is 90.0 Å². The number of azo groups is 1. The number of aromatic hydroxyl groups is 1. The van der Waals surface area contributed by atoms with Crippen LogP contribution in [0.1, 0.15) is 15.9 Å². The van der Waals surface area contributed by atoms with E-state index in [2.05, 4.69) is 15.2 Å². The quantitative estimate of drug-likeness (QED) is 0.518. The number of para-hydroxylation sites is 1. The van der Waals surface area contributed by atoms with Crippen LogP contribution >= 0.6 is 0 Å². The van der Waals surface area contributed by atoms with Crippen molar-refractivity contribution in [2.45, 2.75) is 6.54 Å². The number of pyridine rings is 1. The minimum Gasteiger partial charge on any atom is -0.493 e. The van der Waals surface area contributed by atoms with E-state index in [0.29, 0.717) is 17.5 Å². The third-order valence-corrected chi connectivity index (χ3v) is 4.34. The second-order valence-electron chi connectivity index (χ2n) is 6.14. The van der Waals surface area contributed by atoms with Crippen molar-refractivity contribution in [2.75, 3.05) is 0 Å². The summed E-state index contributed by atoms with van der Waals surface area (Å²) in [6.07, 6.45) is 2.99. The summed E-state index contributed by atoms with van der Waals surface area (Å²) in [6.45, 7) is 0.320. The molecule has 138 valence electrons. The Hall–Kier alpha value is -3.87. The average molecular weight is 374 g/mol. The van der Waals surface area contributed by atoms with Crippen molar-refractivity contribution >= 4 is 22.5 Å². The summed E-state index contributed by atoms with van der Waals surface area (Å²) >= 11 is 0. The van der Waals surface area contributed by atoms with E-state index >= 15 is 0 Å². The molecule has 6 nitrogen and oxygen atoms in total. The molecule has 0 aliphatic carbocycles. The van der Waals surface area contributed by atoms with Gasteiger partial charge in [0.05, 0.1) is 12.1 Å². The molecule has 2 aromatic carbocycles. The molecular weight excluding hydrogens is 359 g/mol.